The third kappa shape index (κ3) is 2.97. The fourth-order valence-electron chi connectivity index (χ4n) is 2.75. The van der Waals surface area contributed by atoms with Crippen LogP contribution in [0.15, 0.2) is 35.0 Å². The normalized spacial score (nSPS) is 10.7. The van der Waals surface area contributed by atoms with Gasteiger partial charge in [0.25, 0.3) is 0 Å². The third-order valence-electron chi connectivity index (χ3n) is 4.03. The second kappa shape index (κ2) is 6.35. The average Bonchev–Trinajstić information content (AvgIpc) is 2.90. The summed E-state index contributed by atoms with van der Waals surface area (Å²) in [6, 6.07) is 8.31. The van der Waals surface area contributed by atoms with Crippen LogP contribution in [0.3, 0.4) is 0 Å². The number of ether oxygens (including phenoxy) is 1. The van der Waals surface area contributed by atoms with Gasteiger partial charge in [-0.3, -0.25) is 0 Å². The Labute approximate surface area is 141 Å². The smallest absolute Gasteiger partial charge is 0.237 e. The third-order valence-corrected chi connectivity index (χ3v) is 4.03. The van der Waals surface area contributed by atoms with Crippen LogP contribution in [0.2, 0.25) is 0 Å². The first kappa shape index (κ1) is 16.1. The highest BCUT2D eigenvalue weighted by Gasteiger charge is 2.15. The standard InChI is InChI=1S/C19H21N3O2/c1-11-6-7-12(2)16(8-11)21-17-9-15(10-20-19(17)23-5)18-13(3)22-24-14(18)4/h6-10,21H,1-5H3. The molecule has 2 heterocycles. The van der Waals surface area contributed by atoms with Crippen LogP contribution in [0.5, 0.6) is 5.88 Å². The van der Waals surface area contributed by atoms with Crippen LogP contribution in [0.4, 0.5) is 11.4 Å². The molecular formula is C19H21N3O2. The molecule has 0 unspecified atom stereocenters. The number of nitrogens with zero attached hydrogens (tertiary/aromatic N) is 2. The number of hydrogen-bond donors (Lipinski definition) is 1. The van der Waals surface area contributed by atoms with Crippen molar-refractivity contribution < 1.29 is 9.26 Å². The molecule has 5 heteroatoms. The van der Waals surface area contributed by atoms with Gasteiger partial charge in [-0.2, -0.15) is 0 Å². The highest BCUT2D eigenvalue weighted by molar-refractivity contribution is 5.75. The molecule has 0 aliphatic heterocycles. The van der Waals surface area contributed by atoms with Gasteiger partial charge in [0.05, 0.1) is 12.8 Å². The van der Waals surface area contributed by atoms with E-state index in [1.807, 2.05) is 19.9 Å². The molecule has 24 heavy (non-hydrogen) atoms. The molecule has 0 saturated carbocycles. The van der Waals surface area contributed by atoms with Crippen molar-refractivity contribution in [2.45, 2.75) is 27.7 Å². The SMILES string of the molecule is COc1ncc(-c2c(C)noc2C)cc1Nc1cc(C)ccc1C. The maximum absolute atomic E-state index is 5.41. The van der Waals surface area contributed by atoms with Crippen LogP contribution in [0, 0.1) is 27.7 Å². The summed E-state index contributed by atoms with van der Waals surface area (Å²) >= 11 is 0. The lowest BCUT2D eigenvalue weighted by Crippen LogP contribution is -1.99. The molecule has 0 aliphatic carbocycles. The predicted molar refractivity (Wildman–Crippen MR) is 95.0 cm³/mol. The van der Waals surface area contributed by atoms with Crippen molar-refractivity contribution in [2.24, 2.45) is 0 Å². The van der Waals surface area contributed by atoms with E-state index >= 15 is 0 Å². The number of benzene rings is 1. The minimum atomic E-state index is 0.548. The van der Waals surface area contributed by atoms with Crippen LogP contribution < -0.4 is 10.1 Å². The monoisotopic (exact) mass is 323 g/mol. The van der Waals surface area contributed by atoms with Crippen molar-refractivity contribution in [3.63, 3.8) is 0 Å². The Hall–Kier alpha value is -2.82. The summed E-state index contributed by atoms with van der Waals surface area (Å²) in [4.78, 5) is 4.43. The van der Waals surface area contributed by atoms with Gasteiger partial charge >= 0.3 is 0 Å². The van der Waals surface area contributed by atoms with Crippen molar-refractivity contribution in [1.82, 2.24) is 10.1 Å². The quantitative estimate of drug-likeness (QED) is 0.752. The summed E-state index contributed by atoms with van der Waals surface area (Å²) in [5, 5.41) is 7.46. The lowest BCUT2D eigenvalue weighted by atomic mass is 10.1. The largest absolute Gasteiger partial charge is 0.480 e. The van der Waals surface area contributed by atoms with Crippen molar-refractivity contribution in [3.05, 3.63) is 53.0 Å². The molecule has 5 nitrogen and oxygen atoms in total. The number of pyridine rings is 1. The highest BCUT2D eigenvalue weighted by atomic mass is 16.5. The van der Waals surface area contributed by atoms with Crippen LogP contribution in [0.1, 0.15) is 22.6 Å². The molecule has 0 aliphatic rings. The zero-order valence-electron chi connectivity index (χ0n) is 14.6. The van der Waals surface area contributed by atoms with Gasteiger partial charge in [0.1, 0.15) is 11.4 Å². The summed E-state index contributed by atoms with van der Waals surface area (Å²) in [6.07, 6.45) is 1.78. The van der Waals surface area contributed by atoms with Gasteiger partial charge in [-0.05, 0) is 51.0 Å². The number of hydrogen-bond acceptors (Lipinski definition) is 5. The lowest BCUT2D eigenvalue weighted by Gasteiger charge is -2.14. The topological polar surface area (TPSA) is 60.2 Å². The van der Waals surface area contributed by atoms with Crippen molar-refractivity contribution in [3.8, 4) is 17.0 Å². The summed E-state index contributed by atoms with van der Waals surface area (Å²) < 4.78 is 10.7. The number of rotatable bonds is 4. The summed E-state index contributed by atoms with van der Waals surface area (Å²) in [5.41, 5.74) is 6.95. The first-order valence-electron chi connectivity index (χ1n) is 7.81. The Balaban J connectivity index is 2.06. The number of anilines is 2. The highest BCUT2D eigenvalue weighted by Crippen LogP contribution is 2.34. The Morgan fingerprint density at radius 2 is 1.83 bits per heavy atom. The minimum Gasteiger partial charge on any atom is -0.480 e. The zero-order valence-corrected chi connectivity index (χ0v) is 14.6. The van der Waals surface area contributed by atoms with Crippen LogP contribution in [-0.2, 0) is 0 Å². The Kier molecular flexibility index (Phi) is 4.25. The fourth-order valence-corrected chi connectivity index (χ4v) is 2.75. The molecule has 0 radical (unpaired) electrons. The molecule has 3 aromatic rings. The molecule has 1 aromatic carbocycles. The first-order chi connectivity index (χ1) is 11.5. The van der Waals surface area contributed by atoms with Gasteiger partial charge in [-0.15, -0.1) is 0 Å². The van der Waals surface area contributed by atoms with E-state index in [1.54, 1.807) is 13.3 Å². The fraction of sp³-hybridized carbons (Fsp3) is 0.263. The van der Waals surface area contributed by atoms with Gasteiger partial charge in [0, 0.05) is 23.0 Å². The number of nitrogens with one attached hydrogen (secondary N) is 1. The molecular weight excluding hydrogens is 302 g/mol. The zero-order chi connectivity index (χ0) is 17.3. The molecule has 0 saturated heterocycles. The van der Waals surface area contributed by atoms with Gasteiger partial charge in [-0.25, -0.2) is 4.98 Å². The van der Waals surface area contributed by atoms with E-state index in [4.69, 9.17) is 9.26 Å². The molecule has 3 rings (SSSR count). The van der Waals surface area contributed by atoms with E-state index in [0.717, 1.165) is 39.5 Å². The second-order valence-corrected chi connectivity index (χ2v) is 5.92. The molecule has 124 valence electrons. The van der Waals surface area contributed by atoms with Gasteiger partial charge < -0.3 is 14.6 Å². The van der Waals surface area contributed by atoms with E-state index in [9.17, 15) is 0 Å². The van der Waals surface area contributed by atoms with Crippen LogP contribution in [-0.4, -0.2) is 17.3 Å². The second-order valence-electron chi connectivity index (χ2n) is 5.92. The maximum Gasteiger partial charge on any atom is 0.237 e. The van der Waals surface area contributed by atoms with Crippen LogP contribution >= 0.6 is 0 Å². The Bertz CT molecular complexity index is 865. The lowest BCUT2D eigenvalue weighted by molar-refractivity contribution is 0.393. The molecule has 0 spiro atoms. The minimum absolute atomic E-state index is 0.548. The number of aryl methyl sites for hydroxylation is 4. The molecule has 0 atom stereocenters. The van der Waals surface area contributed by atoms with Crippen LogP contribution in [0.25, 0.3) is 11.1 Å². The van der Waals surface area contributed by atoms with Gasteiger partial charge in [0.15, 0.2) is 0 Å². The van der Waals surface area contributed by atoms with E-state index in [1.165, 1.54) is 5.56 Å². The van der Waals surface area contributed by atoms with Crippen molar-refractivity contribution in [1.29, 1.82) is 0 Å². The predicted octanol–water partition coefficient (Wildman–Crippen LogP) is 4.72. The maximum atomic E-state index is 5.41. The Morgan fingerprint density at radius 1 is 1.04 bits per heavy atom. The summed E-state index contributed by atoms with van der Waals surface area (Å²) in [6.45, 7) is 7.96. The van der Waals surface area contributed by atoms with E-state index in [0.29, 0.717) is 5.88 Å². The Morgan fingerprint density at radius 3 is 2.50 bits per heavy atom. The summed E-state index contributed by atoms with van der Waals surface area (Å²) in [7, 11) is 1.62. The van der Waals surface area contributed by atoms with Crippen molar-refractivity contribution >= 4 is 11.4 Å². The van der Waals surface area contributed by atoms with Gasteiger partial charge in [-0.1, -0.05) is 17.3 Å². The molecule has 1 N–H and O–H groups in total. The van der Waals surface area contributed by atoms with E-state index < -0.39 is 0 Å². The first-order valence-corrected chi connectivity index (χ1v) is 7.81. The average molecular weight is 323 g/mol. The molecule has 0 fully saturated rings. The van der Waals surface area contributed by atoms with Crippen molar-refractivity contribution in [2.75, 3.05) is 12.4 Å². The number of aromatic nitrogens is 2. The summed E-state index contributed by atoms with van der Waals surface area (Å²) in [5.74, 6) is 1.32. The number of methoxy groups -OCH3 is 1. The van der Waals surface area contributed by atoms with E-state index in [2.05, 4.69) is 47.5 Å². The molecule has 0 amide bonds. The van der Waals surface area contributed by atoms with Gasteiger partial charge in [0.2, 0.25) is 5.88 Å². The van der Waals surface area contributed by atoms with E-state index in [-0.39, 0.29) is 0 Å². The molecule has 2 aromatic heterocycles. The molecule has 0 bridgehead atoms.